The van der Waals surface area contributed by atoms with Gasteiger partial charge < -0.3 is 10.0 Å². The second-order valence-electron chi connectivity index (χ2n) is 5.32. The van der Waals surface area contributed by atoms with Gasteiger partial charge in [0, 0.05) is 23.2 Å². The highest BCUT2D eigenvalue weighted by atomic mass is 79.9. The molecule has 0 bridgehead atoms. The molecular formula is C17H18BrNO. The van der Waals surface area contributed by atoms with Crippen molar-refractivity contribution in [3.05, 3.63) is 63.6 Å². The second kappa shape index (κ2) is 5.58. The summed E-state index contributed by atoms with van der Waals surface area (Å²) >= 11 is 3.56. The first kappa shape index (κ1) is 13.7. The lowest BCUT2D eigenvalue weighted by molar-refractivity contribution is 0.198. The average Bonchev–Trinajstić information content (AvgIpc) is 2.46. The van der Waals surface area contributed by atoms with E-state index in [9.17, 15) is 5.11 Å². The van der Waals surface area contributed by atoms with Gasteiger partial charge in [0.2, 0.25) is 0 Å². The summed E-state index contributed by atoms with van der Waals surface area (Å²) in [5.41, 5.74) is 5.01. The fraction of sp³-hybridized carbons (Fsp3) is 0.294. The number of rotatable bonds is 2. The fourth-order valence-corrected chi connectivity index (χ4v) is 3.47. The maximum atomic E-state index is 9.69. The molecule has 1 aliphatic heterocycles. The third-order valence-corrected chi connectivity index (χ3v) is 4.62. The molecule has 104 valence electrons. The third-order valence-electron chi connectivity index (χ3n) is 3.93. The first-order chi connectivity index (χ1) is 9.65. The topological polar surface area (TPSA) is 23.5 Å². The third kappa shape index (κ3) is 2.60. The van der Waals surface area contributed by atoms with Crippen molar-refractivity contribution in [2.24, 2.45) is 0 Å². The molecule has 3 heteroatoms. The van der Waals surface area contributed by atoms with Crippen LogP contribution in [0.25, 0.3) is 0 Å². The van der Waals surface area contributed by atoms with Gasteiger partial charge in [0.05, 0.1) is 6.10 Å². The normalized spacial score (nSPS) is 15.8. The van der Waals surface area contributed by atoms with Crippen LogP contribution in [0.5, 0.6) is 0 Å². The summed E-state index contributed by atoms with van der Waals surface area (Å²) in [6.45, 7) is 3.78. The Labute approximate surface area is 128 Å². The molecule has 0 aromatic heterocycles. The molecule has 0 aliphatic carbocycles. The Hall–Kier alpha value is -1.32. The van der Waals surface area contributed by atoms with E-state index in [0.717, 1.165) is 29.5 Å². The Balaban J connectivity index is 1.86. The van der Waals surface area contributed by atoms with Gasteiger partial charge in [0.15, 0.2) is 0 Å². The summed E-state index contributed by atoms with van der Waals surface area (Å²) in [6.07, 6.45) is 0.645. The number of hydrogen-bond acceptors (Lipinski definition) is 2. The molecule has 1 atom stereocenters. The zero-order valence-corrected chi connectivity index (χ0v) is 13.1. The van der Waals surface area contributed by atoms with Crippen LogP contribution in [0.1, 0.15) is 29.7 Å². The van der Waals surface area contributed by atoms with Crippen molar-refractivity contribution >= 4 is 21.6 Å². The standard InChI is InChI=1S/C17H18BrNO/c1-12(20)16-7-6-15(10-17(16)18)19-9-8-13-4-2-3-5-14(13)11-19/h2-7,10,12,20H,8-9,11H2,1H3. The highest BCUT2D eigenvalue weighted by molar-refractivity contribution is 9.10. The molecule has 3 rings (SSSR count). The number of anilines is 1. The van der Waals surface area contributed by atoms with Crippen molar-refractivity contribution < 1.29 is 5.11 Å². The second-order valence-corrected chi connectivity index (χ2v) is 6.18. The molecule has 1 heterocycles. The Morgan fingerprint density at radius 1 is 1.15 bits per heavy atom. The van der Waals surface area contributed by atoms with E-state index in [2.05, 4.69) is 57.2 Å². The number of aliphatic hydroxyl groups is 1. The van der Waals surface area contributed by atoms with Crippen molar-refractivity contribution in [2.45, 2.75) is 26.0 Å². The van der Waals surface area contributed by atoms with Crippen molar-refractivity contribution in [1.82, 2.24) is 0 Å². The Morgan fingerprint density at radius 2 is 1.90 bits per heavy atom. The molecule has 1 unspecified atom stereocenters. The molecule has 2 nitrogen and oxygen atoms in total. The lowest BCUT2D eigenvalue weighted by Crippen LogP contribution is -2.30. The van der Waals surface area contributed by atoms with Crippen molar-refractivity contribution in [3.63, 3.8) is 0 Å². The summed E-state index contributed by atoms with van der Waals surface area (Å²) in [6, 6.07) is 14.9. The number of aliphatic hydroxyl groups excluding tert-OH is 1. The van der Waals surface area contributed by atoms with E-state index >= 15 is 0 Å². The lowest BCUT2D eigenvalue weighted by Gasteiger charge is -2.31. The quantitative estimate of drug-likeness (QED) is 0.896. The van der Waals surface area contributed by atoms with Crippen LogP contribution in [0.4, 0.5) is 5.69 Å². The first-order valence-electron chi connectivity index (χ1n) is 6.94. The summed E-state index contributed by atoms with van der Waals surface area (Å²) < 4.78 is 0.976. The number of hydrogen-bond donors (Lipinski definition) is 1. The lowest BCUT2D eigenvalue weighted by atomic mass is 9.99. The maximum absolute atomic E-state index is 9.69. The Kier molecular flexibility index (Phi) is 3.81. The van der Waals surface area contributed by atoms with Gasteiger partial charge in [0.25, 0.3) is 0 Å². The van der Waals surface area contributed by atoms with E-state index in [4.69, 9.17) is 0 Å². The van der Waals surface area contributed by atoms with Crippen LogP contribution in [-0.2, 0) is 13.0 Å². The highest BCUT2D eigenvalue weighted by Gasteiger charge is 2.17. The molecule has 0 fully saturated rings. The molecule has 0 spiro atoms. The number of halogens is 1. The predicted octanol–water partition coefficient (Wildman–Crippen LogP) is 4.07. The molecule has 2 aromatic rings. The monoisotopic (exact) mass is 331 g/mol. The molecule has 0 saturated heterocycles. The van der Waals surface area contributed by atoms with Gasteiger partial charge in [-0.05, 0) is 42.2 Å². The van der Waals surface area contributed by atoms with Crippen LogP contribution in [-0.4, -0.2) is 11.7 Å². The number of benzene rings is 2. The molecule has 1 aliphatic rings. The smallest absolute Gasteiger partial charge is 0.0772 e. The zero-order valence-electron chi connectivity index (χ0n) is 11.5. The average molecular weight is 332 g/mol. The molecule has 1 N–H and O–H groups in total. The van der Waals surface area contributed by atoms with Crippen molar-refractivity contribution in [3.8, 4) is 0 Å². The van der Waals surface area contributed by atoms with Gasteiger partial charge in [0.1, 0.15) is 0 Å². The number of fused-ring (bicyclic) bond motifs is 1. The Bertz CT molecular complexity index is 624. The molecule has 2 aromatic carbocycles. The first-order valence-corrected chi connectivity index (χ1v) is 7.73. The summed E-state index contributed by atoms with van der Waals surface area (Å²) in [5.74, 6) is 0. The van der Waals surface area contributed by atoms with E-state index in [-0.39, 0.29) is 0 Å². The van der Waals surface area contributed by atoms with Gasteiger partial charge in [-0.25, -0.2) is 0 Å². The van der Waals surface area contributed by atoms with Crippen molar-refractivity contribution in [2.75, 3.05) is 11.4 Å². The minimum atomic E-state index is -0.444. The SMILES string of the molecule is CC(O)c1ccc(N2CCc3ccccc3C2)cc1Br. The minimum absolute atomic E-state index is 0.444. The van der Waals surface area contributed by atoms with Crippen LogP contribution in [0.15, 0.2) is 46.9 Å². The van der Waals surface area contributed by atoms with Crippen LogP contribution in [0.2, 0.25) is 0 Å². The minimum Gasteiger partial charge on any atom is -0.389 e. The molecule has 0 amide bonds. The van der Waals surface area contributed by atoms with E-state index in [1.807, 2.05) is 6.07 Å². The van der Waals surface area contributed by atoms with E-state index in [1.54, 1.807) is 6.92 Å². The van der Waals surface area contributed by atoms with Gasteiger partial charge in [-0.2, -0.15) is 0 Å². The van der Waals surface area contributed by atoms with Gasteiger partial charge >= 0.3 is 0 Å². The van der Waals surface area contributed by atoms with Crippen LogP contribution < -0.4 is 4.90 Å². The molecule has 20 heavy (non-hydrogen) atoms. The van der Waals surface area contributed by atoms with Crippen LogP contribution in [0.3, 0.4) is 0 Å². The summed E-state index contributed by atoms with van der Waals surface area (Å²) in [5, 5.41) is 9.69. The van der Waals surface area contributed by atoms with Gasteiger partial charge in [-0.3, -0.25) is 0 Å². The van der Waals surface area contributed by atoms with Crippen LogP contribution >= 0.6 is 15.9 Å². The largest absolute Gasteiger partial charge is 0.389 e. The van der Waals surface area contributed by atoms with E-state index < -0.39 is 6.10 Å². The van der Waals surface area contributed by atoms with E-state index in [1.165, 1.54) is 16.8 Å². The maximum Gasteiger partial charge on any atom is 0.0772 e. The molecule has 0 radical (unpaired) electrons. The predicted molar refractivity (Wildman–Crippen MR) is 86.0 cm³/mol. The zero-order chi connectivity index (χ0) is 14.1. The highest BCUT2D eigenvalue weighted by Crippen LogP contribution is 2.30. The van der Waals surface area contributed by atoms with Gasteiger partial charge in [-0.15, -0.1) is 0 Å². The van der Waals surface area contributed by atoms with Gasteiger partial charge in [-0.1, -0.05) is 46.3 Å². The number of nitrogens with zero attached hydrogens (tertiary/aromatic N) is 1. The molecule has 0 saturated carbocycles. The van der Waals surface area contributed by atoms with Crippen molar-refractivity contribution in [1.29, 1.82) is 0 Å². The van der Waals surface area contributed by atoms with Crippen LogP contribution in [0, 0.1) is 0 Å². The fourth-order valence-electron chi connectivity index (χ4n) is 2.77. The van der Waals surface area contributed by atoms with E-state index in [0.29, 0.717) is 0 Å². The summed E-state index contributed by atoms with van der Waals surface area (Å²) in [7, 11) is 0. The summed E-state index contributed by atoms with van der Waals surface area (Å²) in [4.78, 5) is 2.39. The molecular weight excluding hydrogens is 314 g/mol. The Morgan fingerprint density at radius 3 is 2.60 bits per heavy atom.